The van der Waals surface area contributed by atoms with Gasteiger partial charge in [0.2, 0.25) is 15.9 Å². The Morgan fingerprint density at radius 3 is 2.41 bits per heavy atom. The van der Waals surface area contributed by atoms with Crippen LogP contribution in [0.15, 0.2) is 95.9 Å². The number of carbonyl (C=O) groups excluding carboxylic acids is 2. The Bertz CT molecular complexity index is 1750. The molecule has 0 spiro atoms. The minimum absolute atomic E-state index is 0.0139. The summed E-state index contributed by atoms with van der Waals surface area (Å²) in [5.41, 5.74) is 8.52. The van der Waals surface area contributed by atoms with Crippen molar-refractivity contribution in [3.8, 4) is 0 Å². The van der Waals surface area contributed by atoms with Crippen LogP contribution in [0.4, 0.5) is 0 Å². The molecule has 41 heavy (non-hydrogen) atoms. The van der Waals surface area contributed by atoms with Crippen LogP contribution >= 0.6 is 0 Å². The van der Waals surface area contributed by atoms with Crippen LogP contribution in [-0.4, -0.2) is 50.2 Å². The molecule has 9 nitrogen and oxygen atoms in total. The van der Waals surface area contributed by atoms with Crippen molar-refractivity contribution >= 4 is 38.5 Å². The summed E-state index contributed by atoms with van der Waals surface area (Å²) >= 11 is 0. The number of carbonyl (C=O) groups is 2. The zero-order valence-corrected chi connectivity index (χ0v) is 23.2. The van der Waals surface area contributed by atoms with E-state index in [-0.39, 0.29) is 30.1 Å². The number of fused-ring (bicyclic) bond motifs is 2. The minimum atomic E-state index is -4.17. The number of hydrogen-bond donors (Lipinski definition) is 3. The zero-order valence-electron chi connectivity index (χ0n) is 22.4. The molecule has 1 amide bonds. The maximum Gasteiger partial charge on any atom is 0.328 e. The number of rotatable bonds is 8. The van der Waals surface area contributed by atoms with Gasteiger partial charge in [0.15, 0.2) is 0 Å². The first kappa shape index (κ1) is 28.0. The van der Waals surface area contributed by atoms with Crippen molar-refractivity contribution in [1.82, 2.24) is 9.62 Å². The molecule has 0 radical (unpaired) electrons. The van der Waals surface area contributed by atoms with Gasteiger partial charge in [0.1, 0.15) is 17.9 Å². The zero-order chi connectivity index (χ0) is 29.1. The van der Waals surface area contributed by atoms with E-state index in [0.29, 0.717) is 11.1 Å². The van der Waals surface area contributed by atoms with E-state index in [1.54, 1.807) is 36.4 Å². The second-order valence-corrected chi connectivity index (χ2v) is 11.7. The highest BCUT2D eigenvalue weighted by molar-refractivity contribution is 7.89. The van der Waals surface area contributed by atoms with Gasteiger partial charge in [-0.15, -0.1) is 0 Å². The Kier molecular flexibility index (Phi) is 7.87. The van der Waals surface area contributed by atoms with E-state index >= 15 is 0 Å². The number of nitrogens with zero attached hydrogens (tertiary/aromatic N) is 1. The lowest BCUT2D eigenvalue weighted by atomic mass is 9.92. The van der Waals surface area contributed by atoms with Gasteiger partial charge in [-0.3, -0.25) is 10.2 Å². The summed E-state index contributed by atoms with van der Waals surface area (Å²) < 4.78 is 35.0. The number of amides is 1. The molecule has 5 rings (SSSR count). The predicted octanol–water partition coefficient (Wildman–Crippen LogP) is 3.14. The fourth-order valence-corrected chi connectivity index (χ4v) is 6.40. The van der Waals surface area contributed by atoms with Gasteiger partial charge in [-0.25, -0.2) is 13.2 Å². The number of amidine groups is 1. The number of hydrogen-bond acceptors (Lipinski definition) is 6. The van der Waals surface area contributed by atoms with Crippen LogP contribution in [0.1, 0.15) is 22.3 Å². The van der Waals surface area contributed by atoms with Crippen molar-refractivity contribution in [1.29, 1.82) is 5.41 Å². The van der Waals surface area contributed by atoms with Gasteiger partial charge < -0.3 is 15.4 Å². The minimum Gasteiger partial charge on any atom is -0.467 e. The van der Waals surface area contributed by atoms with Crippen LogP contribution in [0, 0.1) is 5.41 Å². The Labute approximate surface area is 238 Å². The third-order valence-electron chi connectivity index (χ3n) is 7.31. The highest BCUT2D eigenvalue weighted by Gasteiger charge is 2.39. The fourth-order valence-electron chi connectivity index (χ4n) is 5.17. The number of sulfonamides is 1. The van der Waals surface area contributed by atoms with Crippen LogP contribution < -0.4 is 10.5 Å². The number of ether oxygens (including phenoxy) is 1. The summed E-state index contributed by atoms with van der Waals surface area (Å²) in [6.07, 6.45) is 0.220. The molecular weight excluding hydrogens is 540 g/mol. The second kappa shape index (κ2) is 11.5. The van der Waals surface area contributed by atoms with Crippen molar-refractivity contribution in [3.63, 3.8) is 0 Å². The third kappa shape index (κ3) is 5.98. The van der Waals surface area contributed by atoms with Gasteiger partial charge in [-0.2, -0.15) is 4.72 Å². The topological polar surface area (TPSA) is 143 Å². The molecule has 1 aliphatic rings. The summed E-state index contributed by atoms with van der Waals surface area (Å²) in [6, 6.07) is 24.2. The highest BCUT2D eigenvalue weighted by atomic mass is 32.2. The lowest BCUT2D eigenvalue weighted by Crippen LogP contribution is -2.56. The van der Waals surface area contributed by atoms with Crippen molar-refractivity contribution in [2.75, 3.05) is 7.11 Å². The first-order chi connectivity index (χ1) is 19.7. The van der Waals surface area contributed by atoms with Crippen molar-refractivity contribution < 1.29 is 22.7 Å². The Morgan fingerprint density at radius 1 is 0.976 bits per heavy atom. The third-order valence-corrected chi connectivity index (χ3v) is 8.78. The van der Waals surface area contributed by atoms with Crippen LogP contribution in [0.25, 0.3) is 10.8 Å². The van der Waals surface area contributed by atoms with E-state index in [4.69, 9.17) is 15.9 Å². The molecule has 0 saturated heterocycles. The molecule has 0 aliphatic carbocycles. The molecule has 210 valence electrons. The van der Waals surface area contributed by atoms with E-state index in [0.717, 1.165) is 21.9 Å². The van der Waals surface area contributed by atoms with Crippen molar-refractivity contribution in [3.05, 3.63) is 113 Å². The van der Waals surface area contributed by atoms with Crippen molar-refractivity contribution in [2.45, 2.75) is 36.4 Å². The lowest BCUT2D eigenvalue weighted by Gasteiger charge is -2.37. The van der Waals surface area contributed by atoms with E-state index in [9.17, 15) is 18.0 Å². The molecule has 4 aromatic carbocycles. The van der Waals surface area contributed by atoms with Gasteiger partial charge in [0, 0.05) is 18.5 Å². The average molecular weight is 571 g/mol. The number of methoxy groups -OCH3 is 1. The van der Waals surface area contributed by atoms with E-state index in [1.807, 2.05) is 48.5 Å². The molecule has 1 heterocycles. The largest absolute Gasteiger partial charge is 0.467 e. The molecular formula is C31H30N4O5S. The molecule has 4 aromatic rings. The molecule has 0 saturated carbocycles. The SMILES string of the molecule is COC(=O)[C@H]1Cc2ccccc2CN1C(=O)[C@H](Cc1cccc(C(=N)N)c1)NS(=O)(=O)c1ccc2ccccc2c1. The Morgan fingerprint density at radius 2 is 1.68 bits per heavy atom. The smallest absolute Gasteiger partial charge is 0.328 e. The Balaban J connectivity index is 1.53. The number of nitrogens with two attached hydrogens (primary N) is 1. The van der Waals surface area contributed by atoms with Gasteiger partial charge in [0.05, 0.1) is 12.0 Å². The van der Waals surface area contributed by atoms with Gasteiger partial charge in [0.25, 0.3) is 0 Å². The summed E-state index contributed by atoms with van der Waals surface area (Å²) in [4.78, 5) is 28.4. The number of nitrogens with one attached hydrogen (secondary N) is 2. The van der Waals surface area contributed by atoms with E-state index in [1.165, 1.54) is 18.1 Å². The molecule has 0 bridgehead atoms. The second-order valence-electron chi connectivity index (χ2n) is 9.98. The first-order valence-electron chi connectivity index (χ1n) is 13.1. The predicted molar refractivity (Wildman–Crippen MR) is 156 cm³/mol. The molecule has 0 fully saturated rings. The standard InChI is InChI=1S/C31H30N4O5S/c1-40-31(37)28-18-23-10-4-5-11-25(23)19-35(28)30(36)27(16-20-7-6-12-24(15-20)29(32)33)34-41(38,39)26-14-13-21-8-2-3-9-22(21)17-26/h2-15,17,27-28,34H,16,18-19H2,1H3,(H3,32,33)/t27-,28+/m0/s1. The van der Waals surface area contributed by atoms with Crippen LogP contribution in [0.2, 0.25) is 0 Å². The maximum atomic E-state index is 14.2. The number of nitrogen functional groups attached to an aromatic ring is 1. The highest BCUT2D eigenvalue weighted by Crippen LogP contribution is 2.26. The van der Waals surface area contributed by atoms with E-state index < -0.39 is 34.0 Å². The monoisotopic (exact) mass is 570 g/mol. The maximum absolute atomic E-state index is 14.2. The van der Waals surface area contributed by atoms with E-state index in [2.05, 4.69) is 4.72 Å². The number of esters is 1. The summed E-state index contributed by atoms with van der Waals surface area (Å²) in [5, 5.41) is 9.41. The van der Waals surface area contributed by atoms with Gasteiger partial charge >= 0.3 is 5.97 Å². The fraction of sp³-hybridized carbons (Fsp3) is 0.194. The Hall–Kier alpha value is -4.54. The number of benzene rings is 4. The van der Waals surface area contributed by atoms with Crippen LogP contribution in [-0.2, 0) is 43.7 Å². The summed E-state index contributed by atoms with van der Waals surface area (Å²) in [6.45, 7) is 0.121. The van der Waals surface area contributed by atoms with Crippen molar-refractivity contribution in [2.24, 2.45) is 5.73 Å². The molecule has 2 atom stereocenters. The van der Waals surface area contributed by atoms with Crippen LogP contribution in [0.3, 0.4) is 0 Å². The molecule has 1 aliphatic heterocycles. The normalized spacial score (nSPS) is 15.6. The summed E-state index contributed by atoms with van der Waals surface area (Å²) in [5.74, 6) is -1.29. The molecule has 4 N–H and O–H groups in total. The quantitative estimate of drug-likeness (QED) is 0.169. The summed E-state index contributed by atoms with van der Waals surface area (Å²) in [7, 11) is -2.90. The van der Waals surface area contributed by atoms with Gasteiger partial charge in [-0.05, 0) is 52.1 Å². The molecule has 10 heteroatoms. The molecule has 0 aromatic heterocycles. The molecule has 0 unspecified atom stereocenters. The van der Waals surface area contributed by atoms with Gasteiger partial charge in [-0.1, -0.05) is 72.8 Å². The first-order valence-corrected chi connectivity index (χ1v) is 14.5. The average Bonchev–Trinajstić information content (AvgIpc) is 2.99. The van der Waals surface area contributed by atoms with Crippen LogP contribution in [0.5, 0.6) is 0 Å². The lowest BCUT2D eigenvalue weighted by molar-refractivity contribution is -0.154.